The maximum Gasteiger partial charge on any atom is 0.228 e. The topological polar surface area (TPSA) is 66.4 Å². The van der Waals surface area contributed by atoms with Crippen LogP contribution < -0.4 is 10.7 Å². The van der Waals surface area contributed by atoms with Crippen LogP contribution >= 0.6 is 11.3 Å². The lowest BCUT2D eigenvalue weighted by atomic mass is 10.1. The molecular weight excluding hydrogens is 320 g/mol. The van der Waals surface area contributed by atoms with Crippen molar-refractivity contribution in [1.29, 1.82) is 0 Å². The highest BCUT2D eigenvalue weighted by Crippen LogP contribution is 2.28. The van der Waals surface area contributed by atoms with E-state index < -0.39 is 0 Å². The van der Waals surface area contributed by atoms with Gasteiger partial charge in [-0.3, -0.25) is 10.2 Å². The first kappa shape index (κ1) is 16.1. The number of rotatable bonds is 5. The van der Waals surface area contributed by atoms with Crippen LogP contribution in [0.25, 0.3) is 10.2 Å². The summed E-state index contributed by atoms with van der Waals surface area (Å²) < 4.78 is 0.999. The Bertz CT molecular complexity index is 882. The predicted octanol–water partition coefficient (Wildman–Crippen LogP) is 4.29. The molecule has 1 aromatic heterocycles. The molecule has 0 aliphatic rings. The normalized spacial score (nSPS) is 10.4. The van der Waals surface area contributed by atoms with Crippen LogP contribution in [-0.4, -0.2) is 16.6 Å². The molecule has 0 aliphatic carbocycles. The SMILES string of the molecule is CC(C)=NNc1nc2ccc(NC(=O)Cc3ccccc3)cc2s1. The van der Waals surface area contributed by atoms with Crippen LogP contribution in [0.5, 0.6) is 0 Å². The number of aromatic nitrogens is 1. The number of hydrogen-bond donors (Lipinski definition) is 2. The molecule has 0 unspecified atom stereocenters. The molecule has 6 heteroatoms. The van der Waals surface area contributed by atoms with Crippen LogP contribution in [0.15, 0.2) is 53.6 Å². The van der Waals surface area contributed by atoms with Crippen molar-refractivity contribution in [3.8, 4) is 0 Å². The zero-order valence-corrected chi connectivity index (χ0v) is 14.4. The Morgan fingerprint density at radius 3 is 2.71 bits per heavy atom. The van der Waals surface area contributed by atoms with Crippen molar-refractivity contribution in [2.75, 3.05) is 10.7 Å². The number of thiazole rings is 1. The van der Waals surface area contributed by atoms with Gasteiger partial charge in [-0.2, -0.15) is 5.10 Å². The summed E-state index contributed by atoms with van der Waals surface area (Å²) in [6, 6.07) is 15.4. The number of nitrogens with one attached hydrogen (secondary N) is 2. The van der Waals surface area contributed by atoms with Crippen molar-refractivity contribution < 1.29 is 4.79 Å². The minimum atomic E-state index is -0.0328. The van der Waals surface area contributed by atoms with Crippen molar-refractivity contribution >= 4 is 44.0 Å². The molecule has 1 heterocycles. The minimum Gasteiger partial charge on any atom is -0.326 e. The number of amides is 1. The van der Waals surface area contributed by atoms with Gasteiger partial charge in [0.25, 0.3) is 0 Å². The van der Waals surface area contributed by atoms with E-state index in [1.54, 1.807) is 0 Å². The Labute approximate surface area is 144 Å². The zero-order chi connectivity index (χ0) is 16.9. The van der Waals surface area contributed by atoms with Crippen LogP contribution in [0.1, 0.15) is 19.4 Å². The number of carbonyl (C=O) groups excluding carboxylic acids is 1. The van der Waals surface area contributed by atoms with E-state index in [1.807, 2.05) is 62.4 Å². The fourth-order valence-corrected chi connectivity index (χ4v) is 3.04. The quantitative estimate of drug-likeness (QED) is 0.539. The average molecular weight is 338 g/mol. The molecule has 3 rings (SSSR count). The highest BCUT2D eigenvalue weighted by Gasteiger charge is 2.07. The van der Waals surface area contributed by atoms with Crippen molar-refractivity contribution in [3.05, 3.63) is 54.1 Å². The molecule has 0 atom stereocenters. The summed E-state index contributed by atoms with van der Waals surface area (Å²) in [7, 11) is 0. The lowest BCUT2D eigenvalue weighted by Gasteiger charge is -2.05. The summed E-state index contributed by atoms with van der Waals surface area (Å²) in [5, 5.41) is 7.82. The Morgan fingerprint density at radius 1 is 1.17 bits per heavy atom. The van der Waals surface area contributed by atoms with Crippen LogP contribution in [0.2, 0.25) is 0 Å². The molecule has 24 heavy (non-hydrogen) atoms. The molecule has 0 radical (unpaired) electrons. The molecule has 0 aliphatic heterocycles. The van der Waals surface area contributed by atoms with Crippen LogP contribution in [-0.2, 0) is 11.2 Å². The average Bonchev–Trinajstić information content (AvgIpc) is 2.96. The molecule has 2 N–H and O–H groups in total. The van der Waals surface area contributed by atoms with Crippen molar-refractivity contribution in [2.45, 2.75) is 20.3 Å². The van der Waals surface area contributed by atoms with Crippen molar-refractivity contribution in [2.24, 2.45) is 5.10 Å². The summed E-state index contributed by atoms with van der Waals surface area (Å²) in [5.74, 6) is -0.0328. The molecule has 3 aromatic rings. The number of nitrogens with zero attached hydrogens (tertiary/aromatic N) is 2. The lowest BCUT2D eigenvalue weighted by Crippen LogP contribution is -2.14. The number of carbonyl (C=O) groups is 1. The van der Waals surface area contributed by atoms with Gasteiger partial charge < -0.3 is 5.32 Å². The van der Waals surface area contributed by atoms with Crippen LogP contribution in [0.4, 0.5) is 10.8 Å². The van der Waals surface area contributed by atoms with Gasteiger partial charge in [0.2, 0.25) is 11.0 Å². The summed E-state index contributed by atoms with van der Waals surface area (Å²) >= 11 is 1.50. The number of hydrazone groups is 1. The van der Waals surface area contributed by atoms with E-state index in [0.717, 1.165) is 32.3 Å². The molecule has 2 aromatic carbocycles. The van der Waals surface area contributed by atoms with Crippen LogP contribution in [0, 0.1) is 0 Å². The third-order valence-electron chi connectivity index (χ3n) is 3.25. The first-order valence-electron chi connectivity index (χ1n) is 7.61. The Balaban J connectivity index is 1.71. The first-order valence-corrected chi connectivity index (χ1v) is 8.43. The maximum atomic E-state index is 12.1. The summed E-state index contributed by atoms with van der Waals surface area (Å²) in [5.41, 5.74) is 6.52. The molecule has 0 bridgehead atoms. The van der Waals surface area contributed by atoms with E-state index in [2.05, 4.69) is 20.8 Å². The van der Waals surface area contributed by atoms with E-state index >= 15 is 0 Å². The summed E-state index contributed by atoms with van der Waals surface area (Å²) in [6.07, 6.45) is 0.360. The van der Waals surface area contributed by atoms with E-state index in [9.17, 15) is 4.79 Å². The third-order valence-corrected chi connectivity index (χ3v) is 4.18. The Morgan fingerprint density at radius 2 is 1.96 bits per heavy atom. The standard InChI is InChI=1S/C18H18N4OS/c1-12(2)21-22-18-20-15-9-8-14(11-16(15)24-18)19-17(23)10-13-6-4-3-5-7-13/h3-9,11H,10H2,1-2H3,(H,19,23)(H,20,22). The van der Waals surface area contributed by atoms with Crippen LogP contribution in [0.3, 0.4) is 0 Å². The van der Waals surface area contributed by atoms with Crippen molar-refractivity contribution in [1.82, 2.24) is 4.98 Å². The van der Waals surface area contributed by atoms with Gasteiger partial charge in [-0.25, -0.2) is 4.98 Å². The lowest BCUT2D eigenvalue weighted by molar-refractivity contribution is -0.115. The minimum absolute atomic E-state index is 0.0328. The second-order valence-corrected chi connectivity index (χ2v) is 6.61. The van der Waals surface area contributed by atoms with E-state index in [1.165, 1.54) is 11.3 Å². The first-order chi connectivity index (χ1) is 11.6. The van der Waals surface area contributed by atoms with Gasteiger partial charge in [-0.1, -0.05) is 41.7 Å². The smallest absolute Gasteiger partial charge is 0.228 e. The number of fused-ring (bicyclic) bond motifs is 1. The van der Waals surface area contributed by atoms with Gasteiger partial charge in [0.1, 0.15) is 0 Å². The molecule has 0 saturated heterocycles. The Hall–Kier alpha value is -2.73. The van der Waals surface area contributed by atoms with E-state index in [4.69, 9.17) is 0 Å². The largest absolute Gasteiger partial charge is 0.326 e. The van der Waals surface area contributed by atoms with Gasteiger partial charge >= 0.3 is 0 Å². The highest BCUT2D eigenvalue weighted by atomic mass is 32.1. The number of anilines is 2. The molecule has 0 spiro atoms. The third kappa shape index (κ3) is 4.17. The maximum absolute atomic E-state index is 12.1. The van der Waals surface area contributed by atoms with Gasteiger partial charge in [0.05, 0.1) is 16.6 Å². The predicted molar refractivity (Wildman–Crippen MR) is 101 cm³/mol. The van der Waals surface area contributed by atoms with E-state index in [-0.39, 0.29) is 5.91 Å². The molecular formula is C18H18N4OS. The second kappa shape index (κ2) is 7.23. The molecule has 122 valence electrons. The molecule has 0 saturated carbocycles. The summed E-state index contributed by atoms with van der Waals surface area (Å²) in [4.78, 5) is 16.6. The molecule has 1 amide bonds. The van der Waals surface area contributed by atoms with Crippen molar-refractivity contribution in [3.63, 3.8) is 0 Å². The second-order valence-electron chi connectivity index (χ2n) is 5.58. The number of benzene rings is 2. The van der Waals surface area contributed by atoms with Gasteiger partial charge in [0, 0.05) is 11.4 Å². The Kier molecular flexibility index (Phi) is 4.86. The van der Waals surface area contributed by atoms with E-state index in [0.29, 0.717) is 6.42 Å². The fourth-order valence-electron chi connectivity index (χ4n) is 2.20. The fraction of sp³-hybridized carbons (Fsp3) is 0.167. The highest BCUT2D eigenvalue weighted by molar-refractivity contribution is 7.22. The van der Waals surface area contributed by atoms with Gasteiger partial charge in [-0.05, 0) is 37.6 Å². The summed E-state index contributed by atoms with van der Waals surface area (Å²) in [6.45, 7) is 3.83. The number of hydrogen-bond acceptors (Lipinski definition) is 5. The zero-order valence-electron chi connectivity index (χ0n) is 13.5. The van der Waals surface area contributed by atoms with Gasteiger partial charge in [0.15, 0.2) is 0 Å². The monoisotopic (exact) mass is 338 g/mol. The van der Waals surface area contributed by atoms with Gasteiger partial charge in [-0.15, -0.1) is 0 Å². The molecule has 5 nitrogen and oxygen atoms in total. The molecule has 0 fully saturated rings.